The van der Waals surface area contributed by atoms with Gasteiger partial charge in [-0.15, -0.1) is 0 Å². The van der Waals surface area contributed by atoms with E-state index in [1.165, 1.54) is 6.26 Å². The van der Waals surface area contributed by atoms with Gasteiger partial charge in [0.2, 0.25) is 10.0 Å². The van der Waals surface area contributed by atoms with Crippen LogP contribution in [0.25, 0.3) is 0 Å². The number of nitrogens with one attached hydrogen (secondary N) is 1. The molecule has 0 aromatic rings. The summed E-state index contributed by atoms with van der Waals surface area (Å²) < 4.78 is 30.7. The zero-order valence-corrected chi connectivity index (χ0v) is 13.7. The molecular weight excluding hydrogens is 276 g/mol. The third-order valence-electron chi connectivity index (χ3n) is 4.71. The Balaban J connectivity index is 1.90. The summed E-state index contributed by atoms with van der Waals surface area (Å²) >= 11 is 0. The molecule has 6 heteroatoms. The van der Waals surface area contributed by atoms with Gasteiger partial charge in [0, 0.05) is 25.0 Å². The van der Waals surface area contributed by atoms with Crippen LogP contribution in [0.15, 0.2) is 0 Å². The van der Waals surface area contributed by atoms with Crippen LogP contribution in [0.2, 0.25) is 0 Å². The van der Waals surface area contributed by atoms with E-state index >= 15 is 0 Å². The van der Waals surface area contributed by atoms with Crippen molar-refractivity contribution in [1.29, 1.82) is 0 Å². The maximum atomic E-state index is 11.7. The molecule has 2 saturated heterocycles. The number of nitrogens with zero attached hydrogens (tertiary/aromatic N) is 1. The Morgan fingerprint density at radius 2 is 2.20 bits per heavy atom. The average molecular weight is 304 g/mol. The molecule has 0 aliphatic carbocycles. The van der Waals surface area contributed by atoms with Gasteiger partial charge in [-0.1, -0.05) is 0 Å². The van der Waals surface area contributed by atoms with Crippen molar-refractivity contribution in [2.45, 2.75) is 44.8 Å². The SMILES string of the molecule is CNC(CC1CCCN(S(C)(=O)=O)C1)C1COC(C)C1. The topological polar surface area (TPSA) is 58.6 Å². The predicted molar refractivity (Wildman–Crippen MR) is 80.1 cm³/mol. The smallest absolute Gasteiger partial charge is 0.211 e. The summed E-state index contributed by atoms with van der Waals surface area (Å²) in [5.74, 6) is 1.02. The van der Waals surface area contributed by atoms with Crippen molar-refractivity contribution < 1.29 is 13.2 Å². The van der Waals surface area contributed by atoms with Crippen LogP contribution < -0.4 is 5.32 Å². The highest BCUT2D eigenvalue weighted by atomic mass is 32.2. The minimum atomic E-state index is -3.04. The van der Waals surface area contributed by atoms with E-state index in [4.69, 9.17) is 4.74 Å². The second-order valence-corrected chi connectivity index (χ2v) is 8.38. The van der Waals surface area contributed by atoms with Crippen LogP contribution in [-0.4, -0.2) is 57.9 Å². The number of hydrogen-bond donors (Lipinski definition) is 1. The summed E-state index contributed by atoms with van der Waals surface area (Å²) in [6.45, 7) is 4.32. The molecule has 2 rings (SSSR count). The Labute approximate surface area is 123 Å². The average Bonchev–Trinajstić information content (AvgIpc) is 2.82. The van der Waals surface area contributed by atoms with E-state index in [-0.39, 0.29) is 0 Å². The molecule has 4 unspecified atom stereocenters. The molecule has 2 fully saturated rings. The highest BCUT2D eigenvalue weighted by molar-refractivity contribution is 7.88. The minimum absolute atomic E-state index is 0.356. The van der Waals surface area contributed by atoms with Crippen molar-refractivity contribution in [3.63, 3.8) is 0 Å². The Morgan fingerprint density at radius 3 is 2.75 bits per heavy atom. The normalized spacial score (nSPS) is 34.2. The lowest BCUT2D eigenvalue weighted by Crippen LogP contribution is -2.43. The van der Waals surface area contributed by atoms with Gasteiger partial charge in [0.05, 0.1) is 19.0 Å². The maximum Gasteiger partial charge on any atom is 0.211 e. The van der Waals surface area contributed by atoms with E-state index in [9.17, 15) is 8.42 Å². The zero-order chi connectivity index (χ0) is 14.8. The minimum Gasteiger partial charge on any atom is -0.378 e. The van der Waals surface area contributed by atoms with Gasteiger partial charge in [-0.2, -0.15) is 0 Å². The fraction of sp³-hybridized carbons (Fsp3) is 1.00. The number of piperidine rings is 1. The highest BCUT2D eigenvalue weighted by Gasteiger charge is 2.33. The number of hydrogen-bond acceptors (Lipinski definition) is 4. The number of sulfonamides is 1. The second kappa shape index (κ2) is 6.73. The molecule has 2 heterocycles. The summed E-state index contributed by atoms with van der Waals surface area (Å²) in [5, 5.41) is 3.42. The van der Waals surface area contributed by atoms with Gasteiger partial charge in [-0.3, -0.25) is 0 Å². The molecule has 2 aliphatic heterocycles. The van der Waals surface area contributed by atoms with Crippen LogP contribution in [0.4, 0.5) is 0 Å². The van der Waals surface area contributed by atoms with E-state index in [1.807, 2.05) is 7.05 Å². The van der Waals surface area contributed by atoms with E-state index < -0.39 is 10.0 Å². The number of ether oxygens (including phenoxy) is 1. The monoisotopic (exact) mass is 304 g/mol. The van der Waals surface area contributed by atoms with Crippen molar-refractivity contribution in [3.05, 3.63) is 0 Å². The third-order valence-corrected chi connectivity index (χ3v) is 5.98. The first-order valence-corrected chi connectivity index (χ1v) is 9.49. The lowest BCUT2D eigenvalue weighted by molar-refractivity contribution is 0.115. The van der Waals surface area contributed by atoms with Crippen LogP contribution in [0.5, 0.6) is 0 Å². The fourth-order valence-electron chi connectivity index (χ4n) is 3.56. The Bertz CT molecular complexity index is 413. The Morgan fingerprint density at radius 1 is 1.45 bits per heavy atom. The molecule has 0 bridgehead atoms. The third kappa shape index (κ3) is 4.16. The first kappa shape index (κ1) is 16.2. The van der Waals surface area contributed by atoms with Crippen molar-refractivity contribution in [3.8, 4) is 0 Å². The molecule has 2 aliphatic rings. The van der Waals surface area contributed by atoms with E-state index in [2.05, 4.69) is 12.2 Å². The maximum absolute atomic E-state index is 11.7. The quantitative estimate of drug-likeness (QED) is 0.825. The van der Waals surface area contributed by atoms with Crippen LogP contribution in [-0.2, 0) is 14.8 Å². The first-order valence-electron chi connectivity index (χ1n) is 7.64. The van der Waals surface area contributed by atoms with Crippen LogP contribution >= 0.6 is 0 Å². The van der Waals surface area contributed by atoms with Gasteiger partial charge in [0.15, 0.2) is 0 Å². The molecule has 20 heavy (non-hydrogen) atoms. The van der Waals surface area contributed by atoms with Gasteiger partial charge in [-0.05, 0) is 45.6 Å². The van der Waals surface area contributed by atoms with Crippen LogP contribution in [0, 0.1) is 11.8 Å². The van der Waals surface area contributed by atoms with Gasteiger partial charge >= 0.3 is 0 Å². The fourth-order valence-corrected chi connectivity index (χ4v) is 4.50. The van der Waals surface area contributed by atoms with Crippen LogP contribution in [0.3, 0.4) is 0 Å². The molecule has 0 aromatic carbocycles. The van der Waals surface area contributed by atoms with Gasteiger partial charge in [0.1, 0.15) is 0 Å². The second-order valence-electron chi connectivity index (χ2n) is 6.40. The molecular formula is C14H28N2O3S. The lowest BCUT2D eigenvalue weighted by atomic mass is 9.86. The van der Waals surface area contributed by atoms with Crippen molar-refractivity contribution in [2.75, 3.05) is 33.0 Å². The summed E-state index contributed by atoms with van der Waals surface area (Å²) in [7, 11) is -1.04. The first-order chi connectivity index (χ1) is 9.40. The summed E-state index contributed by atoms with van der Waals surface area (Å²) in [6.07, 6.45) is 5.93. The molecule has 0 aromatic heterocycles. The zero-order valence-electron chi connectivity index (χ0n) is 12.8. The summed E-state index contributed by atoms with van der Waals surface area (Å²) in [6, 6.07) is 0.435. The predicted octanol–water partition coefficient (Wildman–Crippen LogP) is 1.06. The molecule has 0 amide bonds. The lowest BCUT2D eigenvalue weighted by Gasteiger charge is -2.34. The van der Waals surface area contributed by atoms with Crippen molar-refractivity contribution in [2.24, 2.45) is 11.8 Å². The molecule has 0 spiro atoms. The van der Waals surface area contributed by atoms with Crippen LogP contribution in [0.1, 0.15) is 32.6 Å². The highest BCUT2D eigenvalue weighted by Crippen LogP contribution is 2.29. The molecule has 118 valence electrons. The molecule has 0 radical (unpaired) electrons. The van der Waals surface area contributed by atoms with Gasteiger partial charge < -0.3 is 10.1 Å². The van der Waals surface area contributed by atoms with Crippen molar-refractivity contribution in [1.82, 2.24) is 9.62 Å². The summed E-state index contributed by atoms with van der Waals surface area (Å²) in [5.41, 5.74) is 0. The van der Waals surface area contributed by atoms with Gasteiger partial charge in [-0.25, -0.2) is 12.7 Å². The Hall–Kier alpha value is -0.170. The number of rotatable bonds is 5. The molecule has 4 atom stereocenters. The molecule has 0 saturated carbocycles. The van der Waals surface area contributed by atoms with E-state index in [0.717, 1.165) is 32.3 Å². The summed E-state index contributed by atoms with van der Waals surface area (Å²) in [4.78, 5) is 0. The largest absolute Gasteiger partial charge is 0.378 e. The van der Waals surface area contributed by atoms with Crippen molar-refractivity contribution >= 4 is 10.0 Å². The molecule has 1 N–H and O–H groups in total. The van der Waals surface area contributed by atoms with E-state index in [0.29, 0.717) is 37.1 Å². The Kier molecular flexibility index (Phi) is 5.45. The van der Waals surface area contributed by atoms with Gasteiger partial charge in [0.25, 0.3) is 0 Å². The standard InChI is InChI=1S/C14H28N2O3S/c1-11-7-13(10-19-11)14(15-2)8-12-5-4-6-16(9-12)20(3,17)18/h11-15H,4-10H2,1-3H3. The molecule has 5 nitrogen and oxygen atoms in total. The van der Waals surface area contributed by atoms with E-state index in [1.54, 1.807) is 4.31 Å².